The van der Waals surface area contributed by atoms with E-state index in [2.05, 4.69) is 0 Å². The highest BCUT2D eigenvalue weighted by Gasteiger charge is 2.16. The Bertz CT molecular complexity index is 597. The van der Waals surface area contributed by atoms with Crippen molar-refractivity contribution in [2.24, 2.45) is 0 Å². The van der Waals surface area contributed by atoms with Gasteiger partial charge in [-0.2, -0.15) is 0 Å². The van der Waals surface area contributed by atoms with Crippen molar-refractivity contribution < 1.29 is 18.6 Å². The van der Waals surface area contributed by atoms with Crippen LogP contribution >= 0.6 is 0 Å². The maximum Gasteiger partial charge on any atom is 0.165 e. The first-order valence-electron chi connectivity index (χ1n) is 5.80. The van der Waals surface area contributed by atoms with Crippen molar-refractivity contribution in [2.45, 2.75) is 13.0 Å². The first-order valence-corrected chi connectivity index (χ1v) is 5.80. The van der Waals surface area contributed by atoms with Gasteiger partial charge in [-0.3, -0.25) is 0 Å². The second-order valence-corrected chi connectivity index (χ2v) is 4.30. The molecule has 2 rings (SSSR count). The Morgan fingerprint density at radius 3 is 2.53 bits per heavy atom. The van der Waals surface area contributed by atoms with Gasteiger partial charge in [-0.1, -0.05) is 12.1 Å². The molecular weight excluding hydrogens is 250 g/mol. The Morgan fingerprint density at radius 1 is 1.11 bits per heavy atom. The van der Waals surface area contributed by atoms with Gasteiger partial charge in [0.05, 0.1) is 7.11 Å². The number of aliphatic hydroxyl groups excluding tert-OH is 1. The van der Waals surface area contributed by atoms with E-state index in [-0.39, 0.29) is 5.75 Å². The molecule has 1 N–H and O–H groups in total. The van der Waals surface area contributed by atoms with Gasteiger partial charge in [0.15, 0.2) is 11.6 Å². The predicted octanol–water partition coefficient (Wildman–Crippen LogP) is 3.36. The minimum Gasteiger partial charge on any atom is -0.494 e. The van der Waals surface area contributed by atoms with E-state index in [1.807, 2.05) is 0 Å². The SMILES string of the molecule is COc1cc(C(O)c2cc(F)ccc2C)ccc1F. The normalized spacial score (nSPS) is 12.3. The summed E-state index contributed by atoms with van der Waals surface area (Å²) in [5.41, 5.74) is 1.66. The average Bonchev–Trinajstić information content (AvgIpc) is 2.41. The Hall–Kier alpha value is -1.94. The van der Waals surface area contributed by atoms with Gasteiger partial charge >= 0.3 is 0 Å². The van der Waals surface area contributed by atoms with Crippen LogP contribution in [0.15, 0.2) is 36.4 Å². The molecule has 1 unspecified atom stereocenters. The fraction of sp³-hybridized carbons (Fsp3) is 0.200. The van der Waals surface area contributed by atoms with Gasteiger partial charge in [0, 0.05) is 0 Å². The van der Waals surface area contributed by atoms with E-state index in [1.54, 1.807) is 13.0 Å². The lowest BCUT2D eigenvalue weighted by Gasteiger charge is -2.15. The molecule has 0 fully saturated rings. The molecule has 0 aliphatic rings. The number of benzene rings is 2. The molecule has 0 radical (unpaired) electrons. The maximum absolute atomic E-state index is 13.3. The second-order valence-electron chi connectivity index (χ2n) is 4.30. The van der Waals surface area contributed by atoms with E-state index in [0.717, 1.165) is 5.56 Å². The van der Waals surface area contributed by atoms with E-state index in [0.29, 0.717) is 11.1 Å². The summed E-state index contributed by atoms with van der Waals surface area (Å²) in [5.74, 6) is -0.881. The molecule has 0 aliphatic heterocycles. The Labute approximate surface area is 110 Å². The van der Waals surface area contributed by atoms with Crippen LogP contribution in [0.25, 0.3) is 0 Å². The summed E-state index contributed by atoms with van der Waals surface area (Å²) >= 11 is 0. The molecule has 2 aromatic carbocycles. The van der Waals surface area contributed by atoms with Gasteiger partial charge in [0.2, 0.25) is 0 Å². The van der Waals surface area contributed by atoms with Crippen LogP contribution in [0.1, 0.15) is 22.8 Å². The van der Waals surface area contributed by atoms with Gasteiger partial charge in [-0.05, 0) is 47.9 Å². The maximum atomic E-state index is 13.3. The third-order valence-electron chi connectivity index (χ3n) is 3.03. The van der Waals surface area contributed by atoms with Crippen LogP contribution in [0, 0.1) is 18.6 Å². The quantitative estimate of drug-likeness (QED) is 0.921. The summed E-state index contributed by atoms with van der Waals surface area (Å²) in [6.45, 7) is 1.78. The molecule has 0 aliphatic carbocycles. The molecule has 4 heteroatoms. The largest absolute Gasteiger partial charge is 0.494 e. The summed E-state index contributed by atoms with van der Waals surface area (Å²) in [4.78, 5) is 0. The lowest BCUT2D eigenvalue weighted by atomic mass is 9.97. The molecule has 19 heavy (non-hydrogen) atoms. The lowest BCUT2D eigenvalue weighted by Crippen LogP contribution is -2.03. The summed E-state index contributed by atoms with van der Waals surface area (Å²) in [6, 6.07) is 8.27. The molecule has 0 amide bonds. The van der Waals surface area contributed by atoms with Gasteiger partial charge in [-0.25, -0.2) is 8.78 Å². The summed E-state index contributed by atoms with van der Waals surface area (Å²) < 4.78 is 31.4. The van der Waals surface area contributed by atoms with Crippen molar-refractivity contribution in [3.8, 4) is 5.75 Å². The lowest BCUT2D eigenvalue weighted by molar-refractivity contribution is 0.218. The first-order chi connectivity index (χ1) is 9.02. The zero-order valence-electron chi connectivity index (χ0n) is 10.7. The predicted molar refractivity (Wildman–Crippen MR) is 68.2 cm³/mol. The number of rotatable bonds is 3. The van der Waals surface area contributed by atoms with E-state index in [9.17, 15) is 13.9 Å². The Balaban J connectivity index is 2.43. The second kappa shape index (κ2) is 5.36. The van der Waals surface area contributed by atoms with Crippen LogP contribution in [-0.2, 0) is 0 Å². The molecular formula is C15H14F2O2. The van der Waals surface area contributed by atoms with Crippen molar-refractivity contribution in [3.63, 3.8) is 0 Å². The number of ether oxygens (including phenoxy) is 1. The van der Waals surface area contributed by atoms with Gasteiger partial charge in [0.25, 0.3) is 0 Å². The highest BCUT2D eigenvalue weighted by Crippen LogP contribution is 2.29. The molecule has 2 aromatic rings. The van der Waals surface area contributed by atoms with Crippen molar-refractivity contribution >= 4 is 0 Å². The number of methoxy groups -OCH3 is 1. The highest BCUT2D eigenvalue weighted by molar-refractivity contribution is 5.39. The number of aliphatic hydroxyl groups is 1. The Morgan fingerprint density at radius 2 is 1.84 bits per heavy atom. The van der Waals surface area contributed by atoms with Crippen molar-refractivity contribution in [3.05, 3.63) is 64.7 Å². The monoisotopic (exact) mass is 264 g/mol. The summed E-state index contributed by atoms with van der Waals surface area (Å²) in [7, 11) is 1.35. The number of halogens is 2. The van der Waals surface area contributed by atoms with Crippen molar-refractivity contribution in [1.29, 1.82) is 0 Å². The van der Waals surface area contributed by atoms with E-state index < -0.39 is 17.7 Å². The molecule has 0 saturated heterocycles. The van der Waals surface area contributed by atoms with Crippen LogP contribution < -0.4 is 4.74 Å². The van der Waals surface area contributed by atoms with Crippen LogP contribution in [0.4, 0.5) is 8.78 Å². The average molecular weight is 264 g/mol. The molecule has 0 bridgehead atoms. The Kier molecular flexibility index (Phi) is 3.81. The molecule has 0 spiro atoms. The van der Waals surface area contributed by atoms with Crippen molar-refractivity contribution in [1.82, 2.24) is 0 Å². The van der Waals surface area contributed by atoms with Gasteiger partial charge < -0.3 is 9.84 Å². The zero-order chi connectivity index (χ0) is 14.0. The van der Waals surface area contributed by atoms with E-state index in [1.165, 1.54) is 37.4 Å². The van der Waals surface area contributed by atoms with Crippen LogP contribution in [0.5, 0.6) is 5.75 Å². The standard InChI is InChI=1S/C15H14F2O2/c1-9-3-5-11(16)8-12(9)15(18)10-4-6-13(17)14(7-10)19-2/h3-8,15,18H,1-2H3. The van der Waals surface area contributed by atoms with Crippen LogP contribution in [0.2, 0.25) is 0 Å². The molecule has 0 heterocycles. The molecule has 2 nitrogen and oxygen atoms in total. The summed E-state index contributed by atoms with van der Waals surface area (Å²) in [5, 5.41) is 10.3. The number of hydrogen-bond acceptors (Lipinski definition) is 2. The van der Waals surface area contributed by atoms with Gasteiger partial charge in [-0.15, -0.1) is 0 Å². The molecule has 1 atom stereocenters. The minimum atomic E-state index is -1.02. The third kappa shape index (κ3) is 2.74. The van der Waals surface area contributed by atoms with Crippen LogP contribution in [-0.4, -0.2) is 12.2 Å². The highest BCUT2D eigenvalue weighted by atomic mass is 19.1. The third-order valence-corrected chi connectivity index (χ3v) is 3.03. The molecule has 100 valence electrons. The van der Waals surface area contributed by atoms with Crippen LogP contribution in [0.3, 0.4) is 0 Å². The number of aryl methyl sites for hydroxylation is 1. The molecule has 0 saturated carbocycles. The van der Waals surface area contributed by atoms with E-state index in [4.69, 9.17) is 4.74 Å². The molecule has 0 aromatic heterocycles. The van der Waals surface area contributed by atoms with E-state index >= 15 is 0 Å². The smallest absolute Gasteiger partial charge is 0.165 e. The zero-order valence-corrected chi connectivity index (χ0v) is 10.7. The first kappa shape index (κ1) is 13.5. The summed E-state index contributed by atoms with van der Waals surface area (Å²) in [6.07, 6.45) is -1.02. The van der Waals surface area contributed by atoms with Gasteiger partial charge in [0.1, 0.15) is 11.9 Å². The fourth-order valence-corrected chi connectivity index (χ4v) is 1.93. The topological polar surface area (TPSA) is 29.5 Å². The van der Waals surface area contributed by atoms with Crippen molar-refractivity contribution in [2.75, 3.05) is 7.11 Å². The number of hydrogen-bond donors (Lipinski definition) is 1. The fourth-order valence-electron chi connectivity index (χ4n) is 1.93. The minimum absolute atomic E-state index is 0.0469.